The number of carbonyl (C=O) groups excluding carboxylic acids is 3. The fourth-order valence-corrected chi connectivity index (χ4v) is 4.98. The topological polar surface area (TPSA) is 64.2 Å². The Morgan fingerprint density at radius 1 is 0.933 bits per heavy atom. The Bertz CT molecular complexity index is 818. The third-order valence-corrected chi connectivity index (χ3v) is 6.78. The maximum absolute atomic E-state index is 13.0. The van der Waals surface area contributed by atoms with Crippen LogP contribution < -0.4 is 0 Å². The molecular weight excluding hydrogens is 380 g/mol. The molecule has 0 N–H and O–H groups in total. The van der Waals surface area contributed by atoms with E-state index >= 15 is 0 Å². The normalized spacial score (nSPS) is 26.7. The van der Waals surface area contributed by atoms with Crippen LogP contribution in [0.1, 0.15) is 43.7 Å². The molecular formula is C23H32N4O3. The minimum atomic E-state index is -0.667. The monoisotopic (exact) mass is 412 g/mol. The summed E-state index contributed by atoms with van der Waals surface area (Å²) in [6, 6.07) is 7.98. The summed E-state index contributed by atoms with van der Waals surface area (Å²) in [4.78, 5) is 45.0. The zero-order valence-corrected chi connectivity index (χ0v) is 18.0. The molecule has 3 aliphatic rings. The van der Waals surface area contributed by atoms with E-state index in [4.69, 9.17) is 0 Å². The Labute approximate surface area is 178 Å². The van der Waals surface area contributed by atoms with Gasteiger partial charge in [0.05, 0.1) is 6.67 Å². The molecule has 0 unspecified atom stereocenters. The number of hydrogen-bond acceptors (Lipinski definition) is 5. The number of urea groups is 1. The van der Waals surface area contributed by atoms with Crippen LogP contribution in [0.15, 0.2) is 24.3 Å². The molecule has 0 spiro atoms. The van der Waals surface area contributed by atoms with Gasteiger partial charge in [0.25, 0.3) is 0 Å². The Balaban J connectivity index is 1.33. The summed E-state index contributed by atoms with van der Waals surface area (Å²) in [5, 5.41) is 0. The van der Waals surface area contributed by atoms with Gasteiger partial charge >= 0.3 is 17.8 Å². The third kappa shape index (κ3) is 4.27. The molecule has 4 amide bonds. The van der Waals surface area contributed by atoms with E-state index < -0.39 is 17.8 Å². The van der Waals surface area contributed by atoms with E-state index in [0.29, 0.717) is 0 Å². The van der Waals surface area contributed by atoms with E-state index in [0.717, 1.165) is 63.3 Å². The lowest BCUT2D eigenvalue weighted by Gasteiger charge is -2.36. The first kappa shape index (κ1) is 21.0. The first-order chi connectivity index (χ1) is 14.4. The van der Waals surface area contributed by atoms with Crippen molar-refractivity contribution in [2.24, 2.45) is 5.92 Å². The molecule has 0 aromatic heterocycles. The van der Waals surface area contributed by atoms with Gasteiger partial charge in [-0.2, -0.15) is 0 Å². The van der Waals surface area contributed by atoms with Gasteiger partial charge in [0.2, 0.25) is 0 Å². The molecule has 0 radical (unpaired) electrons. The quantitative estimate of drug-likeness (QED) is 0.549. The van der Waals surface area contributed by atoms with E-state index in [1.807, 2.05) is 0 Å². The van der Waals surface area contributed by atoms with E-state index in [1.54, 1.807) is 0 Å². The zero-order valence-electron chi connectivity index (χ0n) is 18.0. The number of hydrogen-bond donors (Lipinski definition) is 0. The molecule has 7 nitrogen and oxygen atoms in total. The van der Waals surface area contributed by atoms with E-state index in [2.05, 4.69) is 47.9 Å². The summed E-state index contributed by atoms with van der Waals surface area (Å²) >= 11 is 0. The van der Waals surface area contributed by atoms with Gasteiger partial charge in [0.1, 0.15) is 0 Å². The zero-order chi connectivity index (χ0) is 21.3. The number of piperazine rings is 1. The number of amides is 4. The van der Waals surface area contributed by atoms with Gasteiger partial charge in [-0.1, -0.05) is 49.6 Å². The molecule has 1 aromatic rings. The molecule has 2 aliphatic heterocycles. The van der Waals surface area contributed by atoms with Crippen LogP contribution in [-0.4, -0.2) is 76.3 Å². The number of benzene rings is 1. The van der Waals surface area contributed by atoms with Gasteiger partial charge in [0.15, 0.2) is 0 Å². The van der Waals surface area contributed by atoms with Crippen molar-refractivity contribution >= 4 is 17.8 Å². The molecule has 4 rings (SSSR count). The number of imide groups is 2. The van der Waals surface area contributed by atoms with Crippen LogP contribution in [0, 0.1) is 12.8 Å². The molecule has 2 atom stereocenters. The highest BCUT2D eigenvalue weighted by Crippen LogP contribution is 2.31. The van der Waals surface area contributed by atoms with Crippen LogP contribution >= 0.6 is 0 Å². The highest BCUT2D eigenvalue weighted by atomic mass is 16.2. The second kappa shape index (κ2) is 8.86. The Morgan fingerprint density at radius 3 is 2.33 bits per heavy atom. The van der Waals surface area contributed by atoms with Crippen molar-refractivity contribution < 1.29 is 14.4 Å². The maximum atomic E-state index is 13.0. The van der Waals surface area contributed by atoms with Crippen molar-refractivity contribution in [1.29, 1.82) is 0 Å². The predicted octanol–water partition coefficient (Wildman–Crippen LogP) is 2.44. The van der Waals surface area contributed by atoms with Crippen LogP contribution in [0.2, 0.25) is 0 Å². The number of carbonyl (C=O) groups is 3. The fourth-order valence-electron chi connectivity index (χ4n) is 4.98. The second-order valence-electron chi connectivity index (χ2n) is 9.04. The predicted molar refractivity (Wildman–Crippen MR) is 113 cm³/mol. The highest BCUT2D eigenvalue weighted by molar-refractivity contribution is 6.44. The van der Waals surface area contributed by atoms with Crippen molar-refractivity contribution in [2.45, 2.75) is 52.1 Å². The van der Waals surface area contributed by atoms with Gasteiger partial charge in [-0.25, -0.2) is 9.69 Å². The maximum Gasteiger partial charge on any atom is 0.335 e. The molecule has 2 saturated heterocycles. The average Bonchev–Trinajstić information content (AvgIpc) is 2.93. The number of nitrogens with zero attached hydrogens (tertiary/aromatic N) is 4. The largest absolute Gasteiger partial charge is 0.335 e. The molecule has 3 fully saturated rings. The van der Waals surface area contributed by atoms with Gasteiger partial charge < -0.3 is 0 Å². The summed E-state index contributed by atoms with van der Waals surface area (Å²) in [6.45, 7) is 8.59. The molecule has 1 aromatic carbocycles. The van der Waals surface area contributed by atoms with Crippen molar-refractivity contribution in [2.75, 3.05) is 32.8 Å². The molecule has 162 valence electrons. The minimum Gasteiger partial charge on any atom is -0.297 e. The lowest BCUT2D eigenvalue weighted by atomic mass is 9.85. The number of aryl methyl sites for hydroxylation is 1. The molecule has 0 bridgehead atoms. The first-order valence-corrected chi connectivity index (χ1v) is 11.1. The van der Waals surface area contributed by atoms with Crippen LogP contribution in [0.4, 0.5) is 4.79 Å². The molecule has 7 heteroatoms. The lowest BCUT2D eigenvalue weighted by molar-refractivity contribution is -0.145. The number of rotatable bonds is 5. The van der Waals surface area contributed by atoms with Gasteiger partial charge in [0, 0.05) is 38.8 Å². The Kier molecular flexibility index (Phi) is 6.20. The minimum absolute atomic E-state index is 0.140. The summed E-state index contributed by atoms with van der Waals surface area (Å²) in [5.74, 6) is -1.05. The molecule has 2 heterocycles. The lowest BCUT2D eigenvalue weighted by Crippen LogP contribution is -2.51. The highest BCUT2D eigenvalue weighted by Gasteiger charge is 2.49. The standard InChI is InChI=1S/C23H32N4O3/c1-17-6-5-8-19(14-17)15-24-10-12-25(13-11-24)16-26-21(28)22(29)27(23(26)30)20-9-4-3-7-18(20)2/h5-6,8,14,18,20H,3-4,7,9-13,15-16H2,1-2H3/t18-,20-/m0/s1. The second-order valence-corrected chi connectivity index (χ2v) is 9.04. The van der Waals surface area contributed by atoms with Crippen LogP contribution in [0.5, 0.6) is 0 Å². The Hall–Kier alpha value is -2.25. The van der Waals surface area contributed by atoms with Crippen molar-refractivity contribution in [3.8, 4) is 0 Å². The van der Waals surface area contributed by atoms with Gasteiger partial charge in [-0.3, -0.25) is 24.3 Å². The van der Waals surface area contributed by atoms with E-state index in [1.165, 1.54) is 16.0 Å². The van der Waals surface area contributed by atoms with Crippen molar-refractivity contribution in [3.05, 3.63) is 35.4 Å². The average molecular weight is 413 g/mol. The van der Waals surface area contributed by atoms with Crippen molar-refractivity contribution in [3.63, 3.8) is 0 Å². The van der Waals surface area contributed by atoms with Gasteiger partial charge in [-0.05, 0) is 31.2 Å². The first-order valence-electron chi connectivity index (χ1n) is 11.1. The summed E-state index contributed by atoms with van der Waals surface area (Å²) < 4.78 is 0. The fraction of sp³-hybridized carbons (Fsp3) is 0.609. The van der Waals surface area contributed by atoms with Crippen LogP contribution in [-0.2, 0) is 16.1 Å². The summed E-state index contributed by atoms with van der Waals surface area (Å²) in [6.07, 6.45) is 3.93. The summed E-state index contributed by atoms with van der Waals surface area (Å²) in [5.41, 5.74) is 2.56. The SMILES string of the molecule is Cc1cccc(CN2CCN(CN3C(=O)C(=O)N([C@H]4CCCC[C@@H]4C)C3=O)CC2)c1. The summed E-state index contributed by atoms with van der Waals surface area (Å²) in [7, 11) is 0. The van der Waals surface area contributed by atoms with E-state index in [-0.39, 0.29) is 18.6 Å². The van der Waals surface area contributed by atoms with Crippen LogP contribution in [0.25, 0.3) is 0 Å². The van der Waals surface area contributed by atoms with Gasteiger partial charge in [-0.15, -0.1) is 0 Å². The molecule has 1 aliphatic carbocycles. The Morgan fingerprint density at radius 2 is 1.63 bits per heavy atom. The molecule has 30 heavy (non-hydrogen) atoms. The smallest absolute Gasteiger partial charge is 0.297 e. The van der Waals surface area contributed by atoms with Crippen molar-refractivity contribution in [1.82, 2.24) is 19.6 Å². The van der Waals surface area contributed by atoms with E-state index in [9.17, 15) is 14.4 Å². The third-order valence-electron chi connectivity index (χ3n) is 6.78. The molecule has 1 saturated carbocycles. The van der Waals surface area contributed by atoms with Crippen LogP contribution in [0.3, 0.4) is 0 Å².